The van der Waals surface area contributed by atoms with Gasteiger partial charge in [0, 0.05) is 22.7 Å². The first-order chi connectivity index (χ1) is 12.1. The fraction of sp³-hybridized carbons (Fsp3) is 0. The summed E-state index contributed by atoms with van der Waals surface area (Å²) in [4.78, 5) is 27.8. The smallest absolute Gasteiger partial charge is 0.261 e. The number of aromatic amines is 1. The molecule has 0 unspecified atom stereocenters. The van der Waals surface area contributed by atoms with Gasteiger partial charge >= 0.3 is 0 Å². The first-order valence-electron chi connectivity index (χ1n) is 7.74. The van der Waals surface area contributed by atoms with E-state index < -0.39 is 17.2 Å². The lowest BCUT2D eigenvalue weighted by molar-refractivity contribution is 0.102. The fourth-order valence-electron chi connectivity index (χ4n) is 2.91. The van der Waals surface area contributed by atoms with Crippen LogP contribution in [-0.4, -0.2) is 10.9 Å². The average molecular weight is 332 g/mol. The number of fused-ring (bicyclic) bond motifs is 2. The SMILES string of the molecule is O=C(Nc1cccc2ccccc12)c1c[nH]c2c(F)cccc2c1=O. The Morgan fingerprint density at radius 3 is 2.52 bits per heavy atom. The van der Waals surface area contributed by atoms with Gasteiger partial charge in [0.05, 0.1) is 5.52 Å². The van der Waals surface area contributed by atoms with Crippen LogP contribution in [0.2, 0.25) is 0 Å². The number of H-pyrrole nitrogens is 1. The van der Waals surface area contributed by atoms with Crippen LogP contribution in [0.3, 0.4) is 0 Å². The molecular formula is C20H13FN2O2. The molecule has 0 spiro atoms. The normalized spacial score (nSPS) is 10.9. The Hall–Kier alpha value is -3.47. The molecule has 4 rings (SSSR count). The number of para-hydroxylation sites is 1. The summed E-state index contributed by atoms with van der Waals surface area (Å²) in [5.41, 5.74) is 0.132. The van der Waals surface area contributed by atoms with E-state index in [0.29, 0.717) is 5.69 Å². The Kier molecular flexibility index (Phi) is 3.54. The van der Waals surface area contributed by atoms with Crippen LogP contribution in [0.15, 0.2) is 71.7 Å². The predicted octanol–water partition coefficient (Wildman–Crippen LogP) is 4.07. The Labute approximate surface area is 141 Å². The van der Waals surface area contributed by atoms with Gasteiger partial charge in [0.15, 0.2) is 0 Å². The van der Waals surface area contributed by atoms with Crippen molar-refractivity contribution in [3.05, 3.63) is 88.5 Å². The number of aromatic nitrogens is 1. The van der Waals surface area contributed by atoms with Crippen LogP contribution < -0.4 is 10.7 Å². The van der Waals surface area contributed by atoms with Gasteiger partial charge in [-0.3, -0.25) is 9.59 Å². The summed E-state index contributed by atoms with van der Waals surface area (Å²) >= 11 is 0. The van der Waals surface area contributed by atoms with Gasteiger partial charge < -0.3 is 10.3 Å². The topological polar surface area (TPSA) is 62.0 Å². The van der Waals surface area contributed by atoms with Crippen molar-refractivity contribution in [3.63, 3.8) is 0 Å². The quantitative estimate of drug-likeness (QED) is 0.581. The highest BCUT2D eigenvalue weighted by Gasteiger charge is 2.15. The van der Waals surface area contributed by atoms with Gasteiger partial charge in [-0.15, -0.1) is 0 Å². The maximum Gasteiger partial charge on any atom is 0.261 e. The van der Waals surface area contributed by atoms with Crippen LogP contribution in [0, 0.1) is 5.82 Å². The van der Waals surface area contributed by atoms with E-state index in [0.717, 1.165) is 10.8 Å². The molecule has 1 heterocycles. The number of halogens is 1. The molecule has 0 saturated heterocycles. The van der Waals surface area contributed by atoms with Crippen molar-refractivity contribution in [3.8, 4) is 0 Å². The average Bonchev–Trinajstić information content (AvgIpc) is 2.63. The Morgan fingerprint density at radius 2 is 1.64 bits per heavy atom. The summed E-state index contributed by atoms with van der Waals surface area (Å²) in [6, 6.07) is 17.4. The molecule has 0 bridgehead atoms. The number of carbonyl (C=O) groups excluding carboxylic acids is 1. The lowest BCUT2D eigenvalue weighted by atomic mass is 10.1. The highest BCUT2D eigenvalue weighted by Crippen LogP contribution is 2.23. The molecule has 1 amide bonds. The molecule has 25 heavy (non-hydrogen) atoms. The van der Waals surface area contributed by atoms with Gasteiger partial charge in [-0.05, 0) is 23.6 Å². The number of pyridine rings is 1. The monoisotopic (exact) mass is 332 g/mol. The van der Waals surface area contributed by atoms with Gasteiger partial charge in [0.25, 0.3) is 5.91 Å². The van der Waals surface area contributed by atoms with Crippen LogP contribution in [0.5, 0.6) is 0 Å². The summed E-state index contributed by atoms with van der Waals surface area (Å²) < 4.78 is 13.7. The van der Waals surface area contributed by atoms with Crippen LogP contribution in [0.25, 0.3) is 21.7 Å². The summed E-state index contributed by atoms with van der Waals surface area (Å²) in [7, 11) is 0. The highest BCUT2D eigenvalue weighted by atomic mass is 19.1. The van der Waals surface area contributed by atoms with E-state index in [2.05, 4.69) is 10.3 Å². The van der Waals surface area contributed by atoms with E-state index in [4.69, 9.17) is 0 Å². The number of hydrogen-bond donors (Lipinski definition) is 2. The van der Waals surface area contributed by atoms with Gasteiger partial charge in [0.2, 0.25) is 5.43 Å². The molecule has 0 radical (unpaired) electrons. The van der Waals surface area contributed by atoms with Crippen molar-refractivity contribution in [2.75, 3.05) is 5.32 Å². The largest absolute Gasteiger partial charge is 0.358 e. The second-order valence-electron chi connectivity index (χ2n) is 5.67. The molecule has 0 aliphatic heterocycles. The number of nitrogens with one attached hydrogen (secondary N) is 2. The van der Waals surface area contributed by atoms with Crippen molar-refractivity contribution < 1.29 is 9.18 Å². The fourth-order valence-corrected chi connectivity index (χ4v) is 2.91. The number of rotatable bonds is 2. The third-order valence-electron chi connectivity index (χ3n) is 4.15. The van der Waals surface area contributed by atoms with E-state index in [1.807, 2.05) is 36.4 Å². The first-order valence-corrected chi connectivity index (χ1v) is 7.74. The molecule has 3 aromatic carbocycles. The molecule has 4 nitrogen and oxygen atoms in total. The van der Waals surface area contributed by atoms with Crippen molar-refractivity contribution in [1.29, 1.82) is 0 Å². The Bertz CT molecular complexity index is 1180. The molecule has 5 heteroatoms. The van der Waals surface area contributed by atoms with Crippen LogP contribution >= 0.6 is 0 Å². The van der Waals surface area contributed by atoms with Crippen molar-refractivity contribution in [1.82, 2.24) is 4.98 Å². The molecule has 0 atom stereocenters. The van der Waals surface area contributed by atoms with E-state index in [1.54, 1.807) is 6.07 Å². The Morgan fingerprint density at radius 1 is 0.920 bits per heavy atom. The second-order valence-corrected chi connectivity index (χ2v) is 5.67. The second kappa shape index (κ2) is 5.87. The third kappa shape index (κ3) is 2.55. The Balaban J connectivity index is 1.78. The number of hydrogen-bond acceptors (Lipinski definition) is 2. The molecule has 122 valence electrons. The predicted molar refractivity (Wildman–Crippen MR) is 96.4 cm³/mol. The van der Waals surface area contributed by atoms with Gasteiger partial charge in [-0.25, -0.2) is 4.39 Å². The van der Waals surface area contributed by atoms with Crippen molar-refractivity contribution in [2.45, 2.75) is 0 Å². The van der Waals surface area contributed by atoms with E-state index >= 15 is 0 Å². The third-order valence-corrected chi connectivity index (χ3v) is 4.15. The van der Waals surface area contributed by atoms with Crippen LogP contribution in [-0.2, 0) is 0 Å². The molecule has 0 aliphatic rings. The number of amides is 1. The maximum absolute atomic E-state index is 13.7. The van der Waals surface area contributed by atoms with Crippen molar-refractivity contribution in [2.24, 2.45) is 0 Å². The molecule has 0 saturated carbocycles. The highest BCUT2D eigenvalue weighted by molar-refractivity contribution is 6.09. The number of carbonyl (C=O) groups is 1. The molecular weight excluding hydrogens is 319 g/mol. The summed E-state index contributed by atoms with van der Waals surface area (Å²) in [6.45, 7) is 0. The standard InChI is InChI=1S/C20H13FN2O2/c21-16-9-4-8-14-18(16)22-11-15(19(14)24)20(25)23-17-10-3-6-12-5-1-2-7-13(12)17/h1-11H,(H,22,24)(H,23,25). The molecule has 4 aromatic rings. The molecule has 0 fully saturated rings. The summed E-state index contributed by atoms with van der Waals surface area (Å²) in [5, 5.41) is 4.77. The van der Waals surface area contributed by atoms with E-state index in [1.165, 1.54) is 24.4 Å². The van der Waals surface area contributed by atoms with E-state index in [-0.39, 0.29) is 16.5 Å². The zero-order chi connectivity index (χ0) is 17.4. The summed E-state index contributed by atoms with van der Waals surface area (Å²) in [5.74, 6) is -1.07. The van der Waals surface area contributed by atoms with Gasteiger partial charge in [-0.1, -0.05) is 42.5 Å². The number of anilines is 1. The zero-order valence-corrected chi connectivity index (χ0v) is 13.0. The zero-order valence-electron chi connectivity index (χ0n) is 13.0. The lowest BCUT2D eigenvalue weighted by Gasteiger charge is -2.09. The summed E-state index contributed by atoms with van der Waals surface area (Å²) in [6.07, 6.45) is 1.24. The molecule has 2 N–H and O–H groups in total. The minimum Gasteiger partial charge on any atom is -0.358 e. The van der Waals surface area contributed by atoms with Crippen LogP contribution in [0.1, 0.15) is 10.4 Å². The first kappa shape index (κ1) is 15.1. The van der Waals surface area contributed by atoms with Gasteiger partial charge in [-0.2, -0.15) is 0 Å². The maximum atomic E-state index is 13.7. The minimum absolute atomic E-state index is 0.0639. The van der Waals surface area contributed by atoms with Gasteiger partial charge in [0.1, 0.15) is 11.4 Å². The number of benzene rings is 3. The molecule has 1 aromatic heterocycles. The van der Waals surface area contributed by atoms with Crippen molar-refractivity contribution >= 4 is 33.3 Å². The lowest BCUT2D eigenvalue weighted by Crippen LogP contribution is -2.22. The van der Waals surface area contributed by atoms with E-state index in [9.17, 15) is 14.0 Å². The minimum atomic E-state index is -0.538. The van der Waals surface area contributed by atoms with Crippen LogP contribution in [0.4, 0.5) is 10.1 Å². The molecule has 0 aliphatic carbocycles.